The zero-order chi connectivity index (χ0) is 26.0. The first-order chi connectivity index (χ1) is 16.5. The van der Waals surface area contributed by atoms with Crippen molar-refractivity contribution in [1.82, 2.24) is 10.2 Å². The summed E-state index contributed by atoms with van der Waals surface area (Å²) < 4.78 is 39.2. The quantitative estimate of drug-likeness (QED) is 0.394. The van der Waals surface area contributed by atoms with Gasteiger partial charge in [-0.25, -0.2) is 12.8 Å². The van der Waals surface area contributed by atoms with Crippen molar-refractivity contribution in [3.8, 4) is 0 Å². The summed E-state index contributed by atoms with van der Waals surface area (Å²) in [5.41, 5.74) is 1.14. The van der Waals surface area contributed by atoms with Crippen LogP contribution in [0.2, 0.25) is 5.02 Å². The molecule has 1 N–H and O–H groups in total. The lowest BCUT2D eigenvalue weighted by Crippen LogP contribution is -2.48. The molecule has 0 bridgehead atoms. The maximum Gasteiger partial charge on any atom is 0.242 e. The molecular formula is C25H33ClFN3O4S. The Morgan fingerprint density at radius 1 is 1.06 bits per heavy atom. The molecule has 2 amide bonds. The standard InChI is InChI=1S/C25H33ClFN3O4S/c1-4-5-16-28-25(32)19(2)29(18-20-8-12-22(27)13-9-20)24(31)7-6-17-30(35(3,33)34)23-14-10-21(26)11-15-23/h8-15,19H,4-7,16-18H2,1-3H3,(H,28,32)/t19-/m0/s1. The van der Waals surface area contributed by atoms with Gasteiger partial charge in [0.2, 0.25) is 21.8 Å². The molecule has 7 nitrogen and oxygen atoms in total. The SMILES string of the molecule is CCCCNC(=O)[C@H](C)N(Cc1ccc(F)cc1)C(=O)CCCN(c1ccc(Cl)cc1)S(C)(=O)=O. The molecule has 0 aliphatic carbocycles. The highest BCUT2D eigenvalue weighted by Gasteiger charge is 2.26. The molecule has 0 aliphatic rings. The fraction of sp³-hybridized carbons (Fsp3) is 0.440. The number of amides is 2. The van der Waals surface area contributed by atoms with Gasteiger partial charge >= 0.3 is 0 Å². The van der Waals surface area contributed by atoms with E-state index < -0.39 is 16.1 Å². The van der Waals surface area contributed by atoms with Crippen LogP contribution >= 0.6 is 11.6 Å². The van der Waals surface area contributed by atoms with E-state index in [2.05, 4.69) is 5.32 Å². The highest BCUT2D eigenvalue weighted by atomic mass is 35.5. The lowest BCUT2D eigenvalue weighted by atomic mass is 10.1. The number of anilines is 1. The largest absolute Gasteiger partial charge is 0.354 e. The minimum absolute atomic E-state index is 0.0351. The summed E-state index contributed by atoms with van der Waals surface area (Å²) in [6.45, 7) is 4.41. The van der Waals surface area contributed by atoms with Crippen LogP contribution in [-0.4, -0.2) is 50.5 Å². The number of carbonyl (C=O) groups excluding carboxylic acids is 2. The first kappa shape index (κ1) is 28.6. The number of rotatable bonds is 13. The number of hydrogen-bond donors (Lipinski definition) is 1. The molecule has 2 aromatic carbocycles. The van der Waals surface area contributed by atoms with E-state index in [0.717, 1.165) is 19.1 Å². The minimum Gasteiger partial charge on any atom is -0.354 e. The van der Waals surface area contributed by atoms with E-state index in [1.165, 1.54) is 21.3 Å². The van der Waals surface area contributed by atoms with Crippen molar-refractivity contribution < 1.29 is 22.4 Å². The minimum atomic E-state index is -3.58. The Bertz CT molecular complexity index is 1080. The topological polar surface area (TPSA) is 86.8 Å². The van der Waals surface area contributed by atoms with Gasteiger partial charge in [0.15, 0.2) is 0 Å². The molecule has 0 heterocycles. The van der Waals surface area contributed by atoms with E-state index in [1.807, 2.05) is 6.92 Å². The van der Waals surface area contributed by atoms with Gasteiger partial charge < -0.3 is 10.2 Å². The summed E-state index contributed by atoms with van der Waals surface area (Å²) in [5.74, 6) is -0.954. The lowest BCUT2D eigenvalue weighted by molar-refractivity contribution is -0.140. The second-order valence-electron chi connectivity index (χ2n) is 8.38. The second-order valence-corrected chi connectivity index (χ2v) is 10.7. The van der Waals surface area contributed by atoms with Gasteiger partial charge in [0, 0.05) is 31.1 Å². The zero-order valence-corrected chi connectivity index (χ0v) is 21.9. The third kappa shape index (κ3) is 9.14. The van der Waals surface area contributed by atoms with Crippen LogP contribution in [0.4, 0.5) is 10.1 Å². The molecule has 1 atom stereocenters. The number of halogens is 2. The molecule has 0 radical (unpaired) electrons. The van der Waals surface area contributed by atoms with E-state index in [4.69, 9.17) is 11.6 Å². The Morgan fingerprint density at radius 2 is 1.69 bits per heavy atom. The van der Waals surface area contributed by atoms with Gasteiger partial charge in [0.25, 0.3) is 0 Å². The van der Waals surface area contributed by atoms with Crippen LogP contribution in [0.3, 0.4) is 0 Å². The molecule has 0 aromatic heterocycles. The van der Waals surface area contributed by atoms with Crippen molar-refractivity contribution in [1.29, 1.82) is 0 Å². The van der Waals surface area contributed by atoms with Crippen molar-refractivity contribution in [2.24, 2.45) is 0 Å². The van der Waals surface area contributed by atoms with E-state index in [-0.39, 0.29) is 43.6 Å². The maximum atomic E-state index is 13.3. The number of hydrogen-bond acceptors (Lipinski definition) is 4. The van der Waals surface area contributed by atoms with E-state index in [9.17, 15) is 22.4 Å². The lowest BCUT2D eigenvalue weighted by Gasteiger charge is -2.29. The van der Waals surface area contributed by atoms with Gasteiger partial charge in [0.05, 0.1) is 11.9 Å². The Kier molecular flexibility index (Phi) is 11.0. The highest BCUT2D eigenvalue weighted by Crippen LogP contribution is 2.21. The third-order valence-corrected chi connectivity index (χ3v) is 6.98. The Balaban J connectivity index is 2.12. The molecule has 2 aromatic rings. The average molecular weight is 526 g/mol. The summed E-state index contributed by atoms with van der Waals surface area (Å²) in [6, 6.07) is 11.4. The second kappa shape index (κ2) is 13.4. The normalized spacial score (nSPS) is 12.1. The van der Waals surface area contributed by atoms with Crippen molar-refractivity contribution in [2.75, 3.05) is 23.7 Å². The number of sulfonamides is 1. The summed E-state index contributed by atoms with van der Waals surface area (Å²) in [4.78, 5) is 27.3. The van der Waals surface area contributed by atoms with Crippen LogP contribution in [0.1, 0.15) is 45.1 Å². The summed E-state index contributed by atoms with van der Waals surface area (Å²) >= 11 is 5.91. The predicted octanol–water partition coefficient (Wildman–Crippen LogP) is 4.36. The summed E-state index contributed by atoms with van der Waals surface area (Å²) in [5, 5.41) is 3.33. The summed E-state index contributed by atoms with van der Waals surface area (Å²) in [6.07, 6.45) is 3.15. The molecule has 35 heavy (non-hydrogen) atoms. The van der Waals surface area contributed by atoms with Gasteiger partial charge in [0.1, 0.15) is 11.9 Å². The zero-order valence-electron chi connectivity index (χ0n) is 20.3. The van der Waals surface area contributed by atoms with E-state index in [1.54, 1.807) is 43.3 Å². The number of carbonyl (C=O) groups is 2. The van der Waals surface area contributed by atoms with Gasteiger partial charge in [-0.3, -0.25) is 13.9 Å². The molecule has 0 fully saturated rings. The van der Waals surface area contributed by atoms with Gasteiger partial charge in [-0.15, -0.1) is 0 Å². The molecule has 2 rings (SSSR count). The Morgan fingerprint density at radius 3 is 2.26 bits per heavy atom. The number of unbranched alkanes of at least 4 members (excludes halogenated alkanes) is 1. The van der Waals surface area contributed by atoms with Crippen LogP contribution < -0.4 is 9.62 Å². The van der Waals surface area contributed by atoms with Gasteiger partial charge in [-0.05, 0) is 61.7 Å². The number of benzene rings is 2. The Hall–Kier alpha value is -2.65. The van der Waals surface area contributed by atoms with Crippen molar-refractivity contribution in [3.63, 3.8) is 0 Å². The van der Waals surface area contributed by atoms with E-state index >= 15 is 0 Å². The molecule has 10 heteroatoms. The van der Waals surface area contributed by atoms with Crippen LogP contribution in [-0.2, 0) is 26.2 Å². The third-order valence-electron chi connectivity index (χ3n) is 5.53. The first-order valence-corrected chi connectivity index (χ1v) is 13.8. The number of nitrogens with zero attached hydrogens (tertiary/aromatic N) is 2. The first-order valence-electron chi connectivity index (χ1n) is 11.6. The number of nitrogens with one attached hydrogen (secondary N) is 1. The van der Waals surface area contributed by atoms with Crippen LogP contribution in [0.25, 0.3) is 0 Å². The fourth-order valence-electron chi connectivity index (χ4n) is 3.52. The summed E-state index contributed by atoms with van der Waals surface area (Å²) in [7, 11) is -3.58. The maximum absolute atomic E-state index is 13.3. The van der Waals surface area contributed by atoms with Crippen LogP contribution in [0, 0.1) is 5.82 Å². The molecule has 0 spiro atoms. The monoisotopic (exact) mass is 525 g/mol. The molecule has 0 saturated carbocycles. The molecule has 0 aliphatic heterocycles. The predicted molar refractivity (Wildman–Crippen MR) is 137 cm³/mol. The van der Waals surface area contributed by atoms with Crippen molar-refractivity contribution in [3.05, 3.63) is 64.9 Å². The van der Waals surface area contributed by atoms with Crippen molar-refractivity contribution >= 4 is 39.1 Å². The smallest absolute Gasteiger partial charge is 0.242 e. The molecular weight excluding hydrogens is 493 g/mol. The van der Waals surface area contributed by atoms with Gasteiger partial charge in [-0.2, -0.15) is 0 Å². The fourth-order valence-corrected chi connectivity index (χ4v) is 4.61. The molecule has 0 unspecified atom stereocenters. The highest BCUT2D eigenvalue weighted by molar-refractivity contribution is 7.92. The van der Waals surface area contributed by atoms with Crippen LogP contribution in [0.15, 0.2) is 48.5 Å². The molecule has 0 saturated heterocycles. The van der Waals surface area contributed by atoms with Crippen LogP contribution in [0.5, 0.6) is 0 Å². The molecule has 192 valence electrons. The van der Waals surface area contributed by atoms with Gasteiger partial charge in [-0.1, -0.05) is 37.1 Å². The van der Waals surface area contributed by atoms with E-state index in [0.29, 0.717) is 22.8 Å². The average Bonchev–Trinajstić information content (AvgIpc) is 2.81. The Labute approximate surface area is 212 Å². The van der Waals surface area contributed by atoms with Crippen molar-refractivity contribution in [2.45, 2.75) is 52.1 Å².